The number of hydrogen-bond acceptors (Lipinski definition) is 6. The van der Waals surface area contributed by atoms with Crippen LogP contribution in [0, 0.1) is 6.92 Å². The number of amides is 1. The topological polar surface area (TPSA) is 98.5 Å². The van der Waals surface area contributed by atoms with Crippen LogP contribution < -0.4 is 5.43 Å². The highest BCUT2D eigenvalue weighted by Gasteiger charge is 2.30. The smallest absolute Gasteiger partial charge is 0.267 e. The Morgan fingerprint density at radius 1 is 1.07 bits per heavy atom. The van der Waals surface area contributed by atoms with E-state index in [0.717, 1.165) is 0 Å². The average molecular weight is 413 g/mol. The summed E-state index contributed by atoms with van der Waals surface area (Å²) in [5.74, 6) is -0.0238. The fraction of sp³-hybridized carbons (Fsp3) is 0.158. The van der Waals surface area contributed by atoms with Gasteiger partial charge in [-0.1, -0.05) is 0 Å². The summed E-state index contributed by atoms with van der Waals surface area (Å²) in [6, 6.07) is 4.71. The third-order valence-electron chi connectivity index (χ3n) is 4.25. The molecule has 4 heterocycles. The number of nitrogens with one attached hydrogen (secondary N) is 1. The lowest BCUT2D eigenvalue weighted by atomic mass is 10.1. The zero-order valence-corrected chi connectivity index (χ0v) is 15.6. The molecule has 0 radical (unpaired) electrons. The second-order valence-corrected chi connectivity index (χ2v) is 6.40. The Kier molecular flexibility index (Phi) is 4.86. The molecule has 0 saturated heterocycles. The van der Waals surface area contributed by atoms with E-state index in [4.69, 9.17) is 0 Å². The highest BCUT2D eigenvalue weighted by Crippen LogP contribution is 2.27. The lowest BCUT2D eigenvalue weighted by Gasteiger charge is -2.09. The number of aryl methyl sites for hydroxylation is 1. The minimum absolute atomic E-state index is 0.00967. The molecule has 0 saturated carbocycles. The minimum atomic E-state index is -4.39. The van der Waals surface area contributed by atoms with Crippen molar-refractivity contribution in [2.24, 2.45) is 0 Å². The van der Waals surface area contributed by atoms with Crippen molar-refractivity contribution < 1.29 is 18.0 Å². The van der Waals surface area contributed by atoms with Gasteiger partial charge in [0.05, 0.1) is 17.7 Å². The van der Waals surface area contributed by atoms with Crippen molar-refractivity contribution in [2.75, 3.05) is 5.43 Å². The van der Waals surface area contributed by atoms with Gasteiger partial charge in [0, 0.05) is 36.4 Å². The second-order valence-electron chi connectivity index (χ2n) is 6.40. The zero-order chi connectivity index (χ0) is 21.3. The molecule has 8 nitrogen and oxygen atoms in total. The molecule has 0 bridgehead atoms. The van der Waals surface area contributed by atoms with E-state index in [1.165, 1.54) is 35.4 Å². The number of pyridine rings is 1. The Balaban J connectivity index is 1.64. The first kappa shape index (κ1) is 19.4. The highest BCUT2D eigenvalue weighted by atomic mass is 19.4. The number of aromatic nitrogens is 6. The number of hydrogen-bond donors (Lipinski definition) is 1. The van der Waals surface area contributed by atoms with Gasteiger partial charge in [0.25, 0.3) is 5.91 Å². The third-order valence-corrected chi connectivity index (χ3v) is 4.25. The van der Waals surface area contributed by atoms with Gasteiger partial charge < -0.3 is 0 Å². The van der Waals surface area contributed by atoms with Gasteiger partial charge >= 0.3 is 6.18 Å². The largest absolute Gasteiger partial charge is 0.393 e. The minimum Gasteiger partial charge on any atom is -0.267 e. The van der Waals surface area contributed by atoms with Crippen molar-refractivity contribution in [1.82, 2.24) is 29.6 Å². The first-order valence-electron chi connectivity index (χ1n) is 8.76. The zero-order valence-electron chi connectivity index (χ0n) is 15.6. The molecular weight excluding hydrogens is 399 g/mol. The Morgan fingerprint density at radius 2 is 1.80 bits per heavy atom. The van der Waals surface area contributed by atoms with Crippen LogP contribution in [0.4, 0.5) is 13.2 Å². The summed E-state index contributed by atoms with van der Waals surface area (Å²) in [5, 5.41) is 0.305. The summed E-state index contributed by atoms with van der Waals surface area (Å²) in [6.07, 6.45) is 1.54. The summed E-state index contributed by atoms with van der Waals surface area (Å²) in [5.41, 5.74) is 3.28. The van der Waals surface area contributed by atoms with Gasteiger partial charge in [-0.3, -0.25) is 10.2 Å². The number of fused-ring (bicyclic) bond motifs is 1. The van der Waals surface area contributed by atoms with Crippen LogP contribution in [0.25, 0.3) is 22.7 Å². The van der Waals surface area contributed by atoms with Crippen molar-refractivity contribution >= 4 is 16.9 Å². The molecule has 0 aliphatic heterocycles. The maximum absolute atomic E-state index is 12.9. The van der Waals surface area contributed by atoms with Crippen molar-refractivity contribution in [1.29, 1.82) is 0 Å². The van der Waals surface area contributed by atoms with Crippen LogP contribution in [0.15, 0.2) is 49.2 Å². The van der Waals surface area contributed by atoms with Crippen molar-refractivity contribution in [3.05, 3.63) is 66.0 Å². The molecular formula is C19H14F3N7O. The van der Waals surface area contributed by atoms with Crippen molar-refractivity contribution in [3.8, 4) is 11.6 Å². The molecule has 0 fully saturated rings. The summed E-state index contributed by atoms with van der Waals surface area (Å²) in [7, 11) is 0. The third kappa shape index (κ3) is 3.95. The molecule has 30 heavy (non-hydrogen) atoms. The average Bonchev–Trinajstić information content (AvgIpc) is 3.04. The van der Waals surface area contributed by atoms with Gasteiger partial charge in [0.2, 0.25) is 0 Å². The molecule has 0 aliphatic rings. The number of nitrogens with zero attached hydrogens (tertiary/aromatic N) is 6. The summed E-state index contributed by atoms with van der Waals surface area (Å²) in [6.45, 7) is 1.62. The number of alkyl halides is 3. The Hall–Kier alpha value is -3.89. The molecule has 11 heteroatoms. The monoisotopic (exact) mass is 413 g/mol. The molecule has 4 aromatic heterocycles. The van der Waals surface area contributed by atoms with E-state index in [1.807, 2.05) is 0 Å². The molecule has 4 aromatic rings. The molecule has 0 spiro atoms. The van der Waals surface area contributed by atoms with Gasteiger partial charge in [-0.15, -0.1) is 0 Å². The van der Waals surface area contributed by atoms with Crippen LogP contribution in [0.2, 0.25) is 0 Å². The Labute approximate surface area is 167 Å². The molecule has 0 atom stereocenters. The summed E-state index contributed by atoms with van der Waals surface area (Å²) < 4.78 is 39.9. The van der Waals surface area contributed by atoms with E-state index < -0.39 is 18.5 Å². The van der Waals surface area contributed by atoms with E-state index in [0.29, 0.717) is 16.9 Å². The maximum atomic E-state index is 12.9. The molecule has 0 aliphatic carbocycles. The Bertz CT molecular complexity index is 1220. The Morgan fingerprint density at radius 3 is 2.50 bits per heavy atom. The predicted octanol–water partition coefficient (Wildman–Crippen LogP) is 3.08. The molecule has 0 aromatic carbocycles. The SMILES string of the molecule is Cc1nc(-c2ncccn2)ncc1C(=O)Nn1cc(CC(F)(F)F)c2cccnc21. The van der Waals surface area contributed by atoms with Gasteiger partial charge in [-0.05, 0) is 30.7 Å². The normalized spacial score (nSPS) is 11.6. The maximum Gasteiger partial charge on any atom is 0.393 e. The van der Waals surface area contributed by atoms with Crippen LogP contribution in [0.3, 0.4) is 0 Å². The van der Waals surface area contributed by atoms with Crippen molar-refractivity contribution in [2.45, 2.75) is 19.5 Å². The van der Waals surface area contributed by atoms with Gasteiger partial charge in [0.15, 0.2) is 17.3 Å². The number of halogens is 3. The van der Waals surface area contributed by atoms with Gasteiger partial charge in [-0.2, -0.15) is 13.2 Å². The van der Waals surface area contributed by atoms with Gasteiger partial charge in [-0.25, -0.2) is 29.6 Å². The number of carbonyl (C=O) groups is 1. The fourth-order valence-corrected chi connectivity index (χ4v) is 2.95. The predicted molar refractivity (Wildman–Crippen MR) is 101 cm³/mol. The summed E-state index contributed by atoms with van der Waals surface area (Å²) >= 11 is 0. The van der Waals surface area contributed by atoms with Crippen LogP contribution in [0.1, 0.15) is 21.6 Å². The number of carbonyl (C=O) groups excluding carboxylic acids is 1. The fourth-order valence-electron chi connectivity index (χ4n) is 2.95. The lowest BCUT2D eigenvalue weighted by Crippen LogP contribution is -2.24. The second kappa shape index (κ2) is 7.50. The van der Waals surface area contributed by atoms with E-state index in [9.17, 15) is 18.0 Å². The molecule has 4 rings (SSSR count). The molecule has 0 unspecified atom stereocenters. The molecule has 152 valence electrons. The van der Waals surface area contributed by atoms with E-state index >= 15 is 0 Å². The van der Waals surface area contributed by atoms with Crippen LogP contribution >= 0.6 is 0 Å². The van der Waals surface area contributed by atoms with E-state index in [-0.39, 0.29) is 22.6 Å². The highest BCUT2D eigenvalue weighted by molar-refractivity contribution is 6.01. The first-order valence-corrected chi connectivity index (χ1v) is 8.76. The van der Waals surface area contributed by atoms with Crippen LogP contribution in [0.5, 0.6) is 0 Å². The quantitative estimate of drug-likeness (QED) is 0.552. The molecule has 1 N–H and O–H groups in total. The summed E-state index contributed by atoms with van der Waals surface area (Å²) in [4.78, 5) is 33.3. The van der Waals surface area contributed by atoms with Crippen LogP contribution in [-0.4, -0.2) is 41.7 Å². The van der Waals surface area contributed by atoms with Crippen molar-refractivity contribution in [3.63, 3.8) is 0 Å². The van der Waals surface area contributed by atoms with E-state index in [1.54, 1.807) is 25.4 Å². The van der Waals surface area contributed by atoms with Crippen LogP contribution in [-0.2, 0) is 6.42 Å². The standard InChI is InChI=1S/C19H14F3N7O/c1-11-14(9-26-16(27-11)15-23-6-3-7-24-15)18(30)28-29-10-12(8-19(20,21)22)13-4-2-5-25-17(13)29/h2-7,9-10H,8H2,1H3,(H,28,30). The van der Waals surface area contributed by atoms with Gasteiger partial charge in [0.1, 0.15) is 0 Å². The number of rotatable bonds is 4. The van der Waals surface area contributed by atoms with E-state index in [2.05, 4.69) is 30.3 Å². The first-order chi connectivity index (χ1) is 14.3. The molecule has 1 amide bonds. The lowest BCUT2D eigenvalue weighted by molar-refractivity contribution is -0.127.